The van der Waals surface area contributed by atoms with Crippen molar-refractivity contribution in [3.05, 3.63) is 0 Å². The van der Waals surface area contributed by atoms with Crippen LogP contribution < -0.4 is 5.32 Å². The van der Waals surface area contributed by atoms with Crippen molar-refractivity contribution in [1.82, 2.24) is 5.32 Å². The number of nitrogens with one attached hydrogen (secondary N) is 2. The van der Waals surface area contributed by atoms with Gasteiger partial charge in [-0.1, -0.05) is 20.3 Å². The third kappa shape index (κ3) is 7.97. The largest absolute Gasteiger partial charge is 0.317 e. The van der Waals surface area contributed by atoms with E-state index in [1.54, 1.807) is 0 Å². The zero-order valence-electron chi connectivity index (χ0n) is 9.32. The van der Waals surface area contributed by atoms with Crippen molar-refractivity contribution in [2.24, 2.45) is 5.92 Å². The first-order valence-corrected chi connectivity index (χ1v) is 5.44. The second-order valence-electron chi connectivity index (χ2n) is 3.83. The van der Waals surface area contributed by atoms with E-state index in [-0.39, 0.29) is 0 Å². The van der Waals surface area contributed by atoms with E-state index in [9.17, 15) is 0 Å². The molecule has 0 fully saturated rings. The van der Waals surface area contributed by atoms with E-state index in [1.807, 2.05) is 6.92 Å². The van der Waals surface area contributed by atoms with Gasteiger partial charge in [0.1, 0.15) is 0 Å². The summed E-state index contributed by atoms with van der Waals surface area (Å²) in [5, 5.41) is 10.8. The summed E-state index contributed by atoms with van der Waals surface area (Å²) in [4.78, 5) is 0. The molecular weight excluding hydrogens is 160 g/mol. The molecule has 0 rings (SSSR count). The molecule has 0 aromatic rings. The van der Waals surface area contributed by atoms with Crippen LogP contribution in [0.1, 0.15) is 46.5 Å². The van der Waals surface area contributed by atoms with Gasteiger partial charge in [-0.15, -0.1) is 0 Å². The molecule has 0 aliphatic carbocycles. The molecular formula is C11H24N2. The fourth-order valence-electron chi connectivity index (χ4n) is 1.18. The lowest BCUT2D eigenvalue weighted by Gasteiger charge is -2.09. The molecule has 1 atom stereocenters. The third-order valence-electron chi connectivity index (χ3n) is 2.44. The Labute approximate surface area is 82.6 Å². The maximum Gasteiger partial charge on any atom is 0.00863 e. The Balaban J connectivity index is 3.11. The Kier molecular flexibility index (Phi) is 8.00. The molecule has 0 amide bonds. The van der Waals surface area contributed by atoms with Gasteiger partial charge in [-0.2, -0.15) is 0 Å². The van der Waals surface area contributed by atoms with Crippen LogP contribution in [0.4, 0.5) is 0 Å². The summed E-state index contributed by atoms with van der Waals surface area (Å²) >= 11 is 0. The van der Waals surface area contributed by atoms with Gasteiger partial charge in [0.25, 0.3) is 0 Å². The minimum atomic E-state index is 0.466. The van der Waals surface area contributed by atoms with Crippen LogP contribution in [0.25, 0.3) is 0 Å². The number of hydrogen-bond acceptors (Lipinski definition) is 2. The minimum absolute atomic E-state index is 0.466. The molecule has 0 saturated heterocycles. The summed E-state index contributed by atoms with van der Waals surface area (Å²) in [6.07, 6.45) is 4.89. The lowest BCUT2D eigenvalue weighted by molar-refractivity contribution is 0.565. The molecule has 2 N–H and O–H groups in total. The first-order chi connectivity index (χ1) is 6.18. The van der Waals surface area contributed by atoms with Crippen LogP contribution in [0, 0.1) is 11.3 Å². The van der Waals surface area contributed by atoms with Crippen LogP contribution in [0.15, 0.2) is 0 Å². The highest BCUT2D eigenvalue weighted by Crippen LogP contribution is 2.05. The molecule has 0 aliphatic rings. The Bertz CT molecular complexity index is 132. The van der Waals surface area contributed by atoms with Crippen molar-refractivity contribution in [2.75, 3.05) is 13.1 Å². The number of unbranched alkanes of at least 4 members (excludes halogenated alkanes) is 1. The maximum absolute atomic E-state index is 7.43. The van der Waals surface area contributed by atoms with Gasteiger partial charge in [0.05, 0.1) is 0 Å². The van der Waals surface area contributed by atoms with Gasteiger partial charge in [0, 0.05) is 5.71 Å². The zero-order chi connectivity index (χ0) is 10.1. The van der Waals surface area contributed by atoms with Gasteiger partial charge >= 0.3 is 0 Å². The topological polar surface area (TPSA) is 35.9 Å². The highest BCUT2D eigenvalue weighted by Gasteiger charge is 2.02. The Morgan fingerprint density at radius 1 is 1.31 bits per heavy atom. The first-order valence-electron chi connectivity index (χ1n) is 5.44. The summed E-state index contributed by atoms with van der Waals surface area (Å²) in [7, 11) is 0. The SMILES string of the molecule is CCCCNCCCC(C)C(C)=N. The number of rotatable bonds is 8. The molecule has 13 heavy (non-hydrogen) atoms. The van der Waals surface area contributed by atoms with Gasteiger partial charge < -0.3 is 10.7 Å². The minimum Gasteiger partial charge on any atom is -0.317 e. The van der Waals surface area contributed by atoms with Gasteiger partial charge in [-0.05, 0) is 45.2 Å². The van der Waals surface area contributed by atoms with E-state index in [0.717, 1.165) is 25.2 Å². The molecule has 2 heteroatoms. The summed E-state index contributed by atoms with van der Waals surface area (Å²) in [5.74, 6) is 0.466. The second-order valence-corrected chi connectivity index (χ2v) is 3.83. The molecule has 0 aromatic heterocycles. The molecule has 0 aliphatic heterocycles. The molecule has 1 unspecified atom stereocenters. The van der Waals surface area contributed by atoms with Crippen LogP contribution >= 0.6 is 0 Å². The first kappa shape index (κ1) is 12.6. The molecule has 0 spiro atoms. The maximum atomic E-state index is 7.43. The summed E-state index contributed by atoms with van der Waals surface area (Å²) in [6, 6.07) is 0. The Hall–Kier alpha value is -0.370. The summed E-state index contributed by atoms with van der Waals surface area (Å²) in [6.45, 7) is 8.50. The molecule has 0 saturated carbocycles. The predicted octanol–water partition coefficient (Wildman–Crippen LogP) is 2.83. The standard InChI is InChI=1S/C11H24N2/c1-4-5-8-13-9-6-7-10(2)11(3)12/h10,12-13H,4-9H2,1-3H3. The van der Waals surface area contributed by atoms with Gasteiger partial charge in [0.2, 0.25) is 0 Å². The Morgan fingerprint density at radius 2 is 1.92 bits per heavy atom. The van der Waals surface area contributed by atoms with Crippen molar-refractivity contribution < 1.29 is 0 Å². The van der Waals surface area contributed by atoms with Crippen LogP contribution in [-0.4, -0.2) is 18.8 Å². The third-order valence-corrected chi connectivity index (χ3v) is 2.44. The van der Waals surface area contributed by atoms with Crippen molar-refractivity contribution in [3.8, 4) is 0 Å². The molecule has 0 bridgehead atoms. The van der Waals surface area contributed by atoms with Crippen LogP contribution in [-0.2, 0) is 0 Å². The number of hydrogen-bond donors (Lipinski definition) is 2. The fourth-order valence-corrected chi connectivity index (χ4v) is 1.18. The second kappa shape index (κ2) is 8.24. The van der Waals surface area contributed by atoms with Crippen LogP contribution in [0.2, 0.25) is 0 Å². The smallest absolute Gasteiger partial charge is 0.00863 e. The van der Waals surface area contributed by atoms with Crippen molar-refractivity contribution in [3.63, 3.8) is 0 Å². The summed E-state index contributed by atoms with van der Waals surface area (Å²) in [5.41, 5.74) is 0.813. The van der Waals surface area contributed by atoms with E-state index in [4.69, 9.17) is 5.41 Å². The predicted molar refractivity (Wildman–Crippen MR) is 59.6 cm³/mol. The van der Waals surface area contributed by atoms with Crippen molar-refractivity contribution >= 4 is 5.71 Å². The van der Waals surface area contributed by atoms with E-state index in [1.165, 1.54) is 19.3 Å². The molecule has 0 radical (unpaired) electrons. The van der Waals surface area contributed by atoms with E-state index >= 15 is 0 Å². The normalized spacial score (nSPS) is 12.8. The van der Waals surface area contributed by atoms with Crippen molar-refractivity contribution in [1.29, 1.82) is 5.41 Å². The molecule has 0 aromatic carbocycles. The highest BCUT2D eigenvalue weighted by atomic mass is 14.8. The van der Waals surface area contributed by atoms with Crippen molar-refractivity contribution in [2.45, 2.75) is 46.5 Å². The van der Waals surface area contributed by atoms with Crippen LogP contribution in [0.3, 0.4) is 0 Å². The van der Waals surface area contributed by atoms with Gasteiger partial charge in [-0.3, -0.25) is 0 Å². The zero-order valence-corrected chi connectivity index (χ0v) is 9.32. The van der Waals surface area contributed by atoms with Crippen LogP contribution in [0.5, 0.6) is 0 Å². The van der Waals surface area contributed by atoms with E-state index in [2.05, 4.69) is 19.2 Å². The lowest BCUT2D eigenvalue weighted by atomic mass is 10.0. The monoisotopic (exact) mass is 184 g/mol. The lowest BCUT2D eigenvalue weighted by Crippen LogP contribution is -2.18. The molecule has 78 valence electrons. The van der Waals surface area contributed by atoms with Gasteiger partial charge in [-0.25, -0.2) is 0 Å². The van der Waals surface area contributed by atoms with E-state index < -0.39 is 0 Å². The average molecular weight is 184 g/mol. The molecule has 2 nitrogen and oxygen atoms in total. The van der Waals surface area contributed by atoms with E-state index in [0.29, 0.717) is 5.92 Å². The quantitative estimate of drug-likeness (QED) is 0.441. The Morgan fingerprint density at radius 3 is 2.46 bits per heavy atom. The fraction of sp³-hybridized carbons (Fsp3) is 0.909. The molecule has 0 heterocycles. The highest BCUT2D eigenvalue weighted by molar-refractivity contribution is 5.80. The summed E-state index contributed by atoms with van der Waals surface area (Å²) < 4.78 is 0. The average Bonchev–Trinajstić information content (AvgIpc) is 2.10. The van der Waals surface area contributed by atoms with Gasteiger partial charge in [0.15, 0.2) is 0 Å².